The van der Waals surface area contributed by atoms with Crippen molar-refractivity contribution in [2.45, 2.75) is 25.6 Å². The Morgan fingerprint density at radius 2 is 2.00 bits per heavy atom. The normalized spacial score (nSPS) is 29.5. The molecule has 0 saturated carbocycles. The minimum absolute atomic E-state index is 0.0831. The average Bonchev–Trinajstić information content (AvgIpc) is 2.87. The molecule has 1 unspecified atom stereocenters. The van der Waals surface area contributed by atoms with E-state index in [9.17, 15) is 14.7 Å². The van der Waals surface area contributed by atoms with Crippen molar-refractivity contribution in [2.75, 3.05) is 33.4 Å². The molecule has 7 heteroatoms. The van der Waals surface area contributed by atoms with E-state index in [1.54, 1.807) is 6.92 Å². The predicted octanol–water partition coefficient (Wildman–Crippen LogP) is 0.683. The maximum absolute atomic E-state index is 11.7. The number of piperidine rings is 1. The molecule has 19 heavy (non-hydrogen) atoms. The molecule has 1 atom stereocenters. The highest BCUT2D eigenvalue weighted by molar-refractivity contribution is 5.77. The second-order valence-electron chi connectivity index (χ2n) is 4.83. The van der Waals surface area contributed by atoms with E-state index >= 15 is 0 Å². The van der Waals surface area contributed by atoms with E-state index in [1.165, 1.54) is 12.0 Å². The lowest BCUT2D eigenvalue weighted by atomic mass is 9.71. The van der Waals surface area contributed by atoms with Crippen LogP contribution >= 0.6 is 0 Å². The van der Waals surface area contributed by atoms with Crippen LogP contribution in [0.3, 0.4) is 0 Å². The summed E-state index contributed by atoms with van der Waals surface area (Å²) in [6, 6.07) is 0. The fourth-order valence-electron chi connectivity index (χ4n) is 2.97. The average molecular weight is 273 g/mol. The Morgan fingerprint density at radius 1 is 1.37 bits per heavy atom. The number of carboxylic acid groups (broad SMARTS) is 1. The summed E-state index contributed by atoms with van der Waals surface area (Å²) in [5.41, 5.74) is -1.12. The van der Waals surface area contributed by atoms with Gasteiger partial charge in [-0.05, 0) is 12.8 Å². The second-order valence-corrected chi connectivity index (χ2v) is 4.83. The second kappa shape index (κ2) is 4.97. The number of ether oxygens (including phenoxy) is 3. The van der Waals surface area contributed by atoms with Crippen LogP contribution in [0.1, 0.15) is 19.8 Å². The van der Waals surface area contributed by atoms with Gasteiger partial charge in [0.25, 0.3) is 0 Å². The highest BCUT2D eigenvalue weighted by Gasteiger charge is 2.63. The van der Waals surface area contributed by atoms with Gasteiger partial charge in [-0.1, -0.05) is 6.92 Å². The minimum Gasteiger partial charge on any atom is -0.481 e. The molecule has 2 saturated heterocycles. The number of methoxy groups -OCH3 is 1. The number of aliphatic carboxylic acids is 1. The monoisotopic (exact) mass is 273 g/mol. The van der Waals surface area contributed by atoms with E-state index in [4.69, 9.17) is 9.47 Å². The van der Waals surface area contributed by atoms with E-state index in [1.807, 2.05) is 0 Å². The van der Waals surface area contributed by atoms with Gasteiger partial charge in [0.2, 0.25) is 5.79 Å². The van der Waals surface area contributed by atoms with Crippen LogP contribution in [0.2, 0.25) is 0 Å². The summed E-state index contributed by atoms with van der Waals surface area (Å²) in [7, 11) is 1.30. The first kappa shape index (κ1) is 14.1. The van der Waals surface area contributed by atoms with Crippen LogP contribution in [0, 0.1) is 5.41 Å². The molecule has 0 aromatic carbocycles. The summed E-state index contributed by atoms with van der Waals surface area (Å²) in [4.78, 5) is 24.8. The first-order valence-electron chi connectivity index (χ1n) is 6.35. The van der Waals surface area contributed by atoms with E-state index in [0.717, 1.165) is 0 Å². The lowest BCUT2D eigenvalue weighted by molar-refractivity contribution is -0.263. The van der Waals surface area contributed by atoms with Gasteiger partial charge in [-0.2, -0.15) is 0 Å². The van der Waals surface area contributed by atoms with E-state index in [-0.39, 0.29) is 13.0 Å². The van der Waals surface area contributed by atoms with Crippen molar-refractivity contribution in [3.63, 3.8) is 0 Å². The molecule has 0 aliphatic carbocycles. The molecule has 7 nitrogen and oxygen atoms in total. The third-order valence-electron chi connectivity index (χ3n) is 4.14. The largest absolute Gasteiger partial charge is 0.481 e. The van der Waals surface area contributed by atoms with E-state index in [0.29, 0.717) is 26.2 Å². The van der Waals surface area contributed by atoms with Crippen molar-refractivity contribution >= 4 is 12.1 Å². The number of rotatable bonds is 2. The summed E-state index contributed by atoms with van der Waals surface area (Å²) in [6.07, 6.45) is 0.180. The number of carbonyl (C=O) groups is 2. The summed E-state index contributed by atoms with van der Waals surface area (Å²) in [5, 5.41) is 9.60. The Morgan fingerprint density at radius 3 is 2.47 bits per heavy atom. The van der Waals surface area contributed by atoms with Crippen LogP contribution < -0.4 is 0 Å². The number of carbonyl (C=O) groups excluding carboxylic acids is 1. The number of amides is 1. The Hall–Kier alpha value is -1.34. The molecule has 2 heterocycles. The number of hydrogen-bond donors (Lipinski definition) is 1. The van der Waals surface area contributed by atoms with Crippen LogP contribution in [0.15, 0.2) is 0 Å². The third kappa shape index (κ3) is 1.97. The predicted molar refractivity (Wildman–Crippen MR) is 63.6 cm³/mol. The first-order valence-corrected chi connectivity index (χ1v) is 6.35. The van der Waals surface area contributed by atoms with Gasteiger partial charge >= 0.3 is 12.1 Å². The molecule has 2 rings (SSSR count). The lowest BCUT2D eigenvalue weighted by Crippen LogP contribution is -2.65. The Balaban J connectivity index is 2.32. The molecule has 1 N–H and O–H groups in total. The van der Waals surface area contributed by atoms with E-state index < -0.39 is 23.3 Å². The summed E-state index contributed by atoms with van der Waals surface area (Å²) >= 11 is 0. The molecule has 1 amide bonds. The van der Waals surface area contributed by atoms with Gasteiger partial charge in [0.1, 0.15) is 5.41 Å². The quantitative estimate of drug-likeness (QED) is 0.796. The fraction of sp³-hybridized carbons (Fsp3) is 0.833. The van der Waals surface area contributed by atoms with Crippen LogP contribution in [0.25, 0.3) is 0 Å². The topological polar surface area (TPSA) is 85.3 Å². The smallest absolute Gasteiger partial charge is 0.409 e. The maximum atomic E-state index is 11.7. The van der Waals surface area contributed by atoms with Gasteiger partial charge in [-0.3, -0.25) is 4.79 Å². The highest BCUT2D eigenvalue weighted by Crippen LogP contribution is 2.48. The number of hydrogen-bond acceptors (Lipinski definition) is 5. The van der Waals surface area contributed by atoms with Crippen LogP contribution in [-0.2, 0) is 19.0 Å². The minimum atomic E-state index is -1.26. The van der Waals surface area contributed by atoms with E-state index in [2.05, 4.69) is 4.74 Å². The van der Waals surface area contributed by atoms with Crippen LogP contribution in [0.4, 0.5) is 4.79 Å². The number of nitrogens with zero attached hydrogens (tertiary/aromatic N) is 1. The molecule has 108 valence electrons. The van der Waals surface area contributed by atoms with Crippen LogP contribution in [0.5, 0.6) is 0 Å². The molecule has 0 bridgehead atoms. The molecule has 2 aliphatic heterocycles. The van der Waals surface area contributed by atoms with Gasteiger partial charge in [0.15, 0.2) is 0 Å². The van der Waals surface area contributed by atoms with Gasteiger partial charge in [0.05, 0.1) is 26.9 Å². The molecule has 0 aromatic rings. The molecule has 0 aromatic heterocycles. The summed E-state index contributed by atoms with van der Waals surface area (Å²) < 4.78 is 15.9. The van der Waals surface area contributed by atoms with Crippen molar-refractivity contribution in [3.05, 3.63) is 0 Å². The standard InChI is InChI=1S/C12H19NO6/c1-3-11(9(14)15)4-5-13(10(16)17-2)8-12(11)18-6-7-19-12/h3-8H2,1-2H3,(H,14,15). The maximum Gasteiger partial charge on any atom is 0.409 e. The molecule has 2 aliphatic rings. The third-order valence-corrected chi connectivity index (χ3v) is 4.14. The number of likely N-dealkylation sites (tertiary alicyclic amines) is 1. The number of carboxylic acids is 1. The molecule has 0 radical (unpaired) electrons. The Bertz CT molecular complexity index is 378. The van der Waals surface area contributed by atoms with Gasteiger partial charge in [-0.15, -0.1) is 0 Å². The summed E-state index contributed by atoms with van der Waals surface area (Å²) in [5.74, 6) is -2.21. The molecular formula is C12H19NO6. The van der Waals surface area contributed by atoms with Gasteiger partial charge in [-0.25, -0.2) is 4.79 Å². The van der Waals surface area contributed by atoms with Crippen molar-refractivity contribution in [3.8, 4) is 0 Å². The van der Waals surface area contributed by atoms with Crippen molar-refractivity contribution < 1.29 is 28.9 Å². The SMILES string of the molecule is CCC1(C(=O)O)CCN(C(=O)OC)CC12OCCO2. The Labute approximate surface area is 111 Å². The fourth-order valence-corrected chi connectivity index (χ4v) is 2.97. The Kier molecular flexibility index (Phi) is 3.69. The zero-order valence-corrected chi connectivity index (χ0v) is 11.2. The lowest BCUT2D eigenvalue weighted by Gasteiger charge is -2.49. The highest BCUT2D eigenvalue weighted by atomic mass is 16.7. The summed E-state index contributed by atoms with van der Waals surface area (Å²) in [6.45, 7) is 2.88. The van der Waals surface area contributed by atoms with Gasteiger partial charge < -0.3 is 24.2 Å². The first-order chi connectivity index (χ1) is 9.01. The molecule has 2 fully saturated rings. The van der Waals surface area contributed by atoms with Gasteiger partial charge in [0, 0.05) is 6.54 Å². The molecular weight excluding hydrogens is 254 g/mol. The van der Waals surface area contributed by atoms with Crippen molar-refractivity contribution in [2.24, 2.45) is 5.41 Å². The zero-order valence-electron chi connectivity index (χ0n) is 11.2. The van der Waals surface area contributed by atoms with Crippen molar-refractivity contribution in [1.82, 2.24) is 4.90 Å². The van der Waals surface area contributed by atoms with Crippen LogP contribution in [-0.4, -0.2) is 61.3 Å². The molecule has 1 spiro atoms. The van der Waals surface area contributed by atoms with Crippen molar-refractivity contribution in [1.29, 1.82) is 0 Å². The zero-order chi connectivity index (χ0) is 14.1.